The lowest BCUT2D eigenvalue weighted by Crippen LogP contribution is -2.53. The summed E-state index contributed by atoms with van der Waals surface area (Å²) in [7, 11) is 1.87. The van der Waals surface area contributed by atoms with Crippen molar-refractivity contribution in [3.8, 4) is 0 Å². The van der Waals surface area contributed by atoms with Gasteiger partial charge in [-0.15, -0.1) is 0 Å². The van der Waals surface area contributed by atoms with E-state index in [1.807, 2.05) is 31.4 Å². The lowest BCUT2D eigenvalue weighted by molar-refractivity contribution is -0.122. The van der Waals surface area contributed by atoms with Gasteiger partial charge >= 0.3 is 0 Å². The molecule has 23 heavy (non-hydrogen) atoms. The smallest absolute Gasteiger partial charge is 0.245 e. The molecule has 0 spiro atoms. The lowest BCUT2D eigenvalue weighted by Gasteiger charge is -2.32. The van der Waals surface area contributed by atoms with Gasteiger partial charge in [-0.1, -0.05) is 0 Å². The average Bonchev–Trinajstić information content (AvgIpc) is 3.19. The van der Waals surface area contributed by atoms with Crippen molar-refractivity contribution in [1.82, 2.24) is 15.1 Å². The van der Waals surface area contributed by atoms with Crippen LogP contribution in [0.1, 0.15) is 31.9 Å². The first-order valence-electron chi connectivity index (χ1n) is 8.23. The van der Waals surface area contributed by atoms with Crippen LogP contribution in [0, 0.1) is 0 Å². The number of nitrogens with zero attached hydrogens (tertiary/aromatic N) is 3. The maximum atomic E-state index is 12.7. The summed E-state index contributed by atoms with van der Waals surface area (Å²) in [5.74, 6) is 1.86. The lowest BCUT2D eigenvalue weighted by atomic mass is 10.0. The van der Waals surface area contributed by atoms with Crippen molar-refractivity contribution in [2.75, 3.05) is 11.4 Å². The Morgan fingerprint density at radius 3 is 3.04 bits per heavy atom. The van der Waals surface area contributed by atoms with Crippen LogP contribution in [0.2, 0.25) is 0 Å². The first-order valence-corrected chi connectivity index (χ1v) is 8.23. The van der Waals surface area contributed by atoms with Gasteiger partial charge in [0.2, 0.25) is 5.91 Å². The van der Waals surface area contributed by atoms with Gasteiger partial charge in [-0.2, -0.15) is 5.10 Å². The molecule has 0 radical (unpaired) electrons. The number of nitrogens with one attached hydrogen (secondary N) is 1. The highest BCUT2D eigenvalue weighted by atomic mass is 16.3. The zero-order valence-electron chi connectivity index (χ0n) is 13.7. The average molecular weight is 316 g/mol. The van der Waals surface area contributed by atoms with Crippen molar-refractivity contribution in [3.05, 3.63) is 36.4 Å². The van der Waals surface area contributed by atoms with Crippen LogP contribution in [0.15, 0.2) is 35.1 Å². The summed E-state index contributed by atoms with van der Waals surface area (Å²) in [6, 6.07) is 5.92. The van der Waals surface area contributed by atoms with E-state index < -0.39 is 0 Å². The molecule has 1 aliphatic heterocycles. The van der Waals surface area contributed by atoms with Crippen molar-refractivity contribution in [1.29, 1.82) is 0 Å². The third kappa shape index (κ3) is 3.82. The van der Waals surface area contributed by atoms with Crippen LogP contribution in [-0.4, -0.2) is 34.3 Å². The highest BCUT2D eigenvalue weighted by Gasteiger charge is 2.31. The molecule has 0 saturated carbocycles. The Hall–Kier alpha value is -2.08. The number of anilines is 1. The molecular formula is C17H24N4O2. The SMILES string of the molecule is C[C@H](CCc1ccco1)N[C@H]1CCCN(c2ccn(C)n2)C1=O. The molecule has 1 N–H and O–H groups in total. The van der Waals surface area contributed by atoms with Gasteiger partial charge < -0.3 is 9.73 Å². The molecule has 0 aromatic carbocycles. The van der Waals surface area contributed by atoms with Gasteiger partial charge in [-0.05, 0) is 38.3 Å². The van der Waals surface area contributed by atoms with Crippen LogP contribution >= 0.6 is 0 Å². The fourth-order valence-electron chi connectivity index (χ4n) is 3.04. The van der Waals surface area contributed by atoms with Crippen LogP contribution in [0.25, 0.3) is 0 Å². The molecular weight excluding hydrogens is 292 g/mol. The van der Waals surface area contributed by atoms with E-state index in [-0.39, 0.29) is 18.0 Å². The van der Waals surface area contributed by atoms with Gasteiger partial charge in [0.25, 0.3) is 0 Å². The third-order valence-corrected chi connectivity index (χ3v) is 4.30. The zero-order chi connectivity index (χ0) is 16.2. The number of rotatable bonds is 6. The van der Waals surface area contributed by atoms with Crippen LogP contribution in [-0.2, 0) is 18.3 Å². The summed E-state index contributed by atoms with van der Waals surface area (Å²) in [4.78, 5) is 14.5. The number of hydrogen-bond donors (Lipinski definition) is 1. The number of furan rings is 1. The topological polar surface area (TPSA) is 63.3 Å². The van der Waals surface area contributed by atoms with E-state index in [1.54, 1.807) is 15.8 Å². The Balaban J connectivity index is 1.55. The van der Waals surface area contributed by atoms with Crippen LogP contribution in [0.4, 0.5) is 5.82 Å². The number of amides is 1. The Morgan fingerprint density at radius 1 is 1.48 bits per heavy atom. The fourth-order valence-corrected chi connectivity index (χ4v) is 3.04. The van der Waals surface area contributed by atoms with E-state index in [2.05, 4.69) is 17.3 Å². The van der Waals surface area contributed by atoms with Crippen LogP contribution in [0.5, 0.6) is 0 Å². The molecule has 1 amide bonds. The second-order valence-corrected chi connectivity index (χ2v) is 6.22. The highest BCUT2D eigenvalue weighted by molar-refractivity contribution is 5.97. The number of aryl methyl sites for hydroxylation is 2. The minimum Gasteiger partial charge on any atom is -0.469 e. The van der Waals surface area contributed by atoms with Crippen LogP contribution < -0.4 is 10.2 Å². The third-order valence-electron chi connectivity index (χ3n) is 4.30. The summed E-state index contributed by atoms with van der Waals surface area (Å²) >= 11 is 0. The van der Waals surface area contributed by atoms with Crippen molar-refractivity contribution in [2.45, 2.75) is 44.7 Å². The summed E-state index contributed by atoms with van der Waals surface area (Å²) < 4.78 is 7.09. The maximum Gasteiger partial charge on any atom is 0.245 e. The number of carbonyl (C=O) groups excluding carboxylic acids is 1. The van der Waals surface area contributed by atoms with Gasteiger partial charge in [0.05, 0.1) is 12.3 Å². The quantitative estimate of drug-likeness (QED) is 0.886. The standard InChI is InChI=1S/C17H24N4O2/c1-13(7-8-14-5-4-12-23-14)18-15-6-3-10-21(17(15)22)16-9-11-20(2)19-16/h4-5,9,11-13,15,18H,3,6-8,10H2,1-2H3/t13-,15+/m1/s1. The summed E-state index contributed by atoms with van der Waals surface area (Å²) in [6.45, 7) is 2.87. The molecule has 2 aromatic rings. The Labute approximate surface area is 136 Å². The minimum absolute atomic E-state index is 0.125. The first kappa shape index (κ1) is 15.8. The largest absolute Gasteiger partial charge is 0.469 e. The number of aromatic nitrogens is 2. The van der Waals surface area contributed by atoms with Crippen LogP contribution in [0.3, 0.4) is 0 Å². The molecule has 1 saturated heterocycles. The van der Waals surface area contributed by atoms with Gasteiger partial charge in [0.1, 0.15) is 5.76 Å². The normalized spacial score (nSPS) is 20.0. The Bertz CT molecular complexity index is 635. The highest BCUT2D eigenvalue weighted by Crippen LogP contribution is 2.19. The summed E-state index contributed by atoms with van der Waals surface area (Å²) in [5, 5.41) is 7.82. The molecule has 0 unspecified atom stereocenters. The molecule has 124 valence electrons. The van der Waals surface area contributed by atoms with E-state index >= 15 is 0 Å². The summed E-state index contributed by atoms with van der Waals surface area (Å²) in [6.07, 6.45) is 7.26. The predicted octanol–water partition coefficient (Wildman–Crippen LogP) is 2.12. The first-order chi connectivity index (χ1) is 11.1. The number of hydrogen-bond acceptors (Lipinski definition) is 4. The monoisotopic (exact) mass is 316 g/mol. The second-order valence-electron chi connectivity index (χ2n) is 6.22. The van der Waals surface area contributed by atoms with Gasteiger partial charge in [-0.3, -0.25) is 14.4 Å². The van der Waals surface area contributed by atoms with Crippen molar-refractivity contribution >= 4 is 11.7 Å². The number of carbonyl (C=O) groups is 1. The van der Waals surface area contributed by atoms with Crippen molar-refractivity contribution < 1.29 is 9.21 Å². The molecule has 2 aromatic heterocycles. The molecule has 6 heteroatoms. The molecule has 3 heterocycles. The molecule has 1 fully saturated rings. The summed E-state index contributed by atoms with van der Waals surface area (Å²) in [5.41, 5.74) is 0. The van der Waals surface area contributed by atoms with E-state index in [9.17, 15) is 4.79 Å². The molecule has 3 rings (SSSR count). The second kappa shape index (κ2) is 7.00. The Kier molecular flexibility index (Phi) is 4.81. The molecule has 0 bridgehead atoms. The predicted molar refractivity (Wildman–Crippen MR) is 88.2 cm³/mol. The van der Waals surface area contributed by atoms with E-state index in [0.717, 1.165) is 43.8 Å². The van der Waals surface area contributed by atoms with Gasteiger partial charge in [0.15, 0.2) is 5.82 Å². The van der Waals surface area contributed by atoms with Crippen molar-refractivity contribution in [3.63, 3.8) is 0 Å². The molecule has 6 nitrogen and oxygen atoms in total. The van der Waals surface area contributed by atoms with E-state index in [4.69, 9.17) is 4.42 Å². The molecule has 2 atom stereocenters. The minimum atomic E-state index is -0.127. The van der Waals surface area contributed by atoms with Gasteiger partial charge in [-0.25, -0.2) is 0 Å². The maximum absolute atomic E-state index is 12.7. The fraction of sp³-hybridized carbons (Fsp3) is 0.529. The number of piperidine rings is 1. The van der Waals surface area contributed by atoms with Crippen molar-refractivity contribution in [2.24, 2.45) is 7.05 Å². The van der Waals surface area contributed by atoms with Gasteiger partial charge in [0, 0.05) is 38.3 Å². The Morgan fingerprint density at radius 2 is 2.35 bits per heavy atom. The van der Waals surface area contributed by atoms with E-state index in [1.165, 1.54) is 0 Å². The van der Waals surface area contributed by atoms with E-state index in [0.29, 0.717) is 0 Å². The zero-order valence-corrected chi connectivity index (χ0v) is 13.7. The molecule has 0 aliphatic carbocycles. The molecule has 1 aliphatic rings.